The van der Waals surface area contributed by atoms with E-state index in [4.69, 9.17) is 9.94 Å². The Morgan fingerprint density at radius 3 is 2.90 bits per heavy atom. The minimum Gasteiger partial charge on any atom is -0.493 e. The summed E-state index contributed by atoms with van der Waals surface area (Å²) in [5.74, 6) is 0.740. The second kappa shape index (κ2) is 6.70. The van der Waals surface area contributed by atoms with Crippen molar-refractivity contribution in [3.63, 3.8) is 0 Å². The van der Waals surface area contributed by atoms with E-state index >= 15 is 0 Å². The van der Waals surface area contributed by atoms with Gasteiger partial charge in [0, 0.05) is 24.4 Å². The number of ether oxygens (including phenoxy) is 1. The molecule has 0 aliphatic heterocycles. The molecule has 4 heteroatoms. The van der Waals surface area contributed by atoms with Crippen LogP contribution in [0.4, 0.5) is 0 Å². The van der Waals surface area contributed by atoms with Crippen molar-refractivity contribution in [2.45, 2.75) is 20.3 Å². The molecule has 0 atom stereocenters. The Bertz CT molecular complexity index is 595. The quantitative estimate of drug-likeness (QED) is 0.515. The molecule has 1 N–H and O–H groups in total. The number of rotatable bonds is 5. The first-order chi connectivity index (χ1) is 9.70. The molecule has 1 heterocycles. The summed E-state index contributed by atoms with van der Waals surface area (Å²) in [7, 11) is 0. The highest BCUT2D eigenvalue weighted by atomic mass is 16.5. The van der Waals surface area contributed by atoms with Crippen molar-refractivity contribution in [1.29, 1.82) is 0 Å². The van der Waals surface area contributed by atoms with Crippen molar-refractivity contribution in [2.24, 2.45) is 5.16 Å². The van der Waals surface area contributed by atoms with Crippen LogP contribution in [0, 0.1) is 6.92 Å². The molecule has 0 aliphatic carbocycles. The minimum atomic E-state index is 0.543. The number of nitrogens with zero attached hydrogens (tertiary/aromatic N) is 2. The molecule has 2 rings (SSSR count). The zero-order valence-corrected chi connectivity index (χ0v) is 11.7. The van der Waals surface area contributed by atoms with Crippen molar-refractivity contribution in [2.75, 3.05) is 6.61 Å². The van der Waals surface area contributed by atoms with E-state index in [-0.39, 0.29) is 0 Å². The predicted molar refractivity (Wildman–Crippen MR) is 78.6 cm³/mol. The molecule has 0 spiro atoms. The maximum absolute atomic E-state index is 8.91. The molecule has 4 nitrogen and oxygen atoms in total. The van der Waals surface area contributed by atoms with Gasteiger partial charge in [-0.05, 0) is 43.2 Å². The van der Waals surface area contributed by atoms with Crippen LogP contribution in [0.15, 0.2) is 47.9 Å². The number of oxime groups is 1. The van der Waals surface area contributed by atoms with E-state index in [9.17, 15) is 0 Å². The van der Waals surface area contributed by atoms with Gasteiger partial charge in [0.2, 0.25) is 0 Å². The van der Waals surface area contributed by atoms with Crippen LogP contribution in [0.5, 0.6) is 5.75 Å². The van der Waals surface area contributed by atoms with Crippen LogP contribution < -0.4 is 4.74 Å². The van der Waals surface area contributed by atoms with E-state index in [0.29, 0.717) is 12.3 Å². The predicted octanol–water partition coefficient (Wildman–Crippen LogP) is 3.21. The molecule has 0 saturated heterocycles. The Hall–Kier alpha value is -2.36. The molecule has 104 valence electrons. The summed E-state index contributed by atoms with van der Waals surface area (Å²) in [6.45, 7) is 4.31. The largest absolute Gasteiger partial charge is 0.493 e. The number of hydrogen-bond donors (Lipinski definition) is 1. The van der Waals surface area contributed by atoms with Crippen molar-refractivity contribution in [1.82, 2.24) is 4.98 Å². The first kappa shape index (κ1) is 14.1. The van der Waals surface area contributed by atoms with Gasteiger partial charge in [-0.25, -0.2) is 0 Å². The van der Waals surface area contributed by atoms with Crippen LogP contribution in [0.3, 0.4) is 0 Å². The second-order valence-corrected chi connectivity index (χ2v) is 4.64. The highest BCUT2D eigenvalue weighted by molar-refractivity contribution is 6.00. The maximum Gasteiger partial charge on any atom is 0.128 e. The zero-order chi connectivity index (χ0) is 14.4. The van der Waals surface area contributed by atoms with Gasteiger partial charge in [0.25, 0.3) is 0 Å². The average Bonchev–Trinajstić information content (AvgIpc) is 2.48. The van der Waals surface area contributed by atoms with E-state index in [1.807, 2.05) is 43.5 Å². The summed E-state index contributed by atoms with van der Waals surface area (Å²) >= 11 is 0. The number of pyridine rings is 1. The molecule has 0 amide bonds. The molecule has 2 aromatic rings. The van der Waals surface area contributed by atoms with E-state index < -0.39 is 0 Å². The Balaban J connectivity index is 2.07. The van der Waals surface area contributed by atoms with Crippen LogP contribution in [0.25, 0.3) is 0 Å². The minimum absolute atomic E-state index is 0.543. The van der Waals surface area contributed by atoms with Crippen LogP contribution >= 0.6 is 0 Å². The molecule has 0 fully saturated rings. The monoisotopic (exact) mass is 270 g/mol. The Morgan fingerprint density at radius 2 is 2.20 bits per heavy atom. The first-order valence-electron chi connectivity index (χ1n) is 6.52. The van der Waals surface area contributed by atoms with E-state index in [1.165, 1.54) is 0 Å². The normalized spacial score (nSPS) is 11.4. The van der Waals surface area contributed by atoms with E-state index in [1.54, 1.807) is 13.1 Å². The van der Waals surface area contributed by atoms with Crippen LogP contribution in [0.2, 0.25) is 0 Å². The van der Waals surface area contributed by atoms with Gasteiger partial charge in [-0.1, -0.05) is 17.3 Å². The maximum atomic E-state index is 8.91. The van der Waals surface area contributed by atoms with Crippen LogP contribution in [-0.4, -0.2) is 22.5 Å². The topological polar surface area (TPSA) is 54.7 Å². The second-order valence-electron chi connectivity index (χ2n) is 4.64. The van der Waals surface area contributed by atoms with Gasteiger partial charge in [0.05, 0.1) is 12.3 Å². The number of aromatic nitrogens is 1. The molecule has 20 heavy (non-hydrogen) atoms. The van der Waals surface area contributed by atoms with Gasteiger partial charge in [0.15, 0.2) is 0 Å². The summed E-state index contributed by atoms with van der Waals surface area (Å²) in [6, 6.07) is 9.76. The van der Waals surface area contributed by atoms with Gasteiger partial charge >= 0.3 is 0 Å². The fourth-order valence-corrected chi connectivity index (χ4v) is 1.93. The molecule has 1 aromatic carbocycles. The van der Waals surface area contributed by atoms with Gasteiger partial charge in [0.1, 0.15) is 5.75 Å². The average molecular weight is 270 g/mol. The van der Waals surface area contributed by atoms with Crippen LogP contribution in [0.1, 0.15) is 23.6 Å². The lowest BCUT2D eigenvalue weighted by Crippen LogP contribution is -2.06. The standard InChI is InChI=1S/C16H18N2O2/c1-12-5-6-15(13(2)18-19)16(10-12)20-9-7-14-4-3-8-17-11-14/h3-6,8,10-11,19H,7,9H2,1-2H3. The Labute approximate surface area is 118 Å². The zero-order valence-electron chi connectivity index (χ0n) is 11.7. The summed E-state index contributed by atoms with van der Waals surface area (Å²) in [5, 5.41) is 12.2. The third kappa shape index (κ3) is 3.57. The number of aryl methyl sites for hydroxylation is 1. The smallest absolute Gasteiger partial charge is 0.128 e. The number of benzene rings is 1. The van der Waals surface area contributed by atoms with Gasteiger partial charge in [-0.2, -0.15) is 0 Å². The van der Waals surface area contributed by atoms with Crippen molar-refractivity contribution in [3.8, 4) is 5.75 Å². The van der Waals surface area contributed by atoms with Crippen molar-refractivity contribution >= 4 is 5.71 Å². The summed E-state index contributed by atoms with van der Waals surface area (Å²) in [4.78, 5) is 4.08. The first-order valence-corrected chi connectivity index (χ1v) is 6.52. The van der Waals surface area contributed by atoms with E-state index in [2.05, 4.69) is 10.1 Å². The molecule has 0 saturated carbocycles. The van der Waals surface area contributed by atoms with Gasteiger partial charge in [-0.3, -0.25) is 4.98 Å². The lowest BCUT2D eigenvalue weighted by Gasteiger charge is -2.11. The van der Waals surface area contributed by atoms with Gasteiger partial charge < -0.3 is 9.94 Å². The summed E-state index contributed by atoms with van der Waals surface area (Å²) in [5.41, 5.74) is 3.59. The third-order valence-electron chi connectivity index (χ3n) is 3.05. The summed E-state index contributed by atoms with van der Waals surface area (Å²) < 4.78 is 5.83. The lowest BCUT2D eigenvalue weighted by molar-refractivity contribution is 0.314. The fraction of sp³-hybridized carbons (Fsp3) is 0.250. The van der Waals surface area contributed by atoms with Gasteiger partial charge in [-0.15, -0.1) is 0 Å². The van der Waals surface area contributed by atoms with Crippen molar-refractivity contribution in [3.05, 3.63) is 59.4 Å². The molecular weight excluding hydrogens is 252 g/mol. The lowest BCUT2D eigenvalue weighted by atomic mass is 10.1. The molecule has 0 aliphatic rings. The summed E-state index contributed by atoms with van der Waals surface area (Å²) in [6.07, 6.45) is 4.38. The highest BCUT2D eigenvalue weighted by Crippen LogP contribution is 2.21. The highest BCUT2D eigenvalue weighted by Gasteiger charge is 2.08. The molecule has 0 radical (unpaired) electrons. The molecule has 0 unspecified atom stereocenters. The Kier molecular flexibility index (Phi) is 4.71. The SMILES string of the molecule is CC(=NO)c1ccc(C)cc1OCCc1cccnc1. The molecular formula is C16H18N2O2. The van der Waals surface area contributed by atoms with Crippen LogP contribution in [-0.2, 0) is 6.42 Å². The molecule has 0 bridgehead atoms. The third-order valence-corrected chi connectivity index (χ3v) is 3.05. The van der Waals surface area contributed by atoms with Crippen molar-refractivity contribution < 1.29 is 9.94 Å². The Morgan fingerprint density at radius 1 is 1.35 bits per heavy atom. The molecule has 1 aromatic heterocycles. The fourth-order valence-electron chi connectivity index (χ4n) is 1.93. The van der Waals surface area contributed by atoms with E-state index in [0.717, 1.165) is 28.9 Å². The number of hydrogen-bond acceptors (Lipinski definition) is 4.